The summed E-state index contributed by atoms with van der Waals surface area (Å²) in [5.41, 5.74) is 0.862. The van der Waals surface area contributed by atoms with Crippen LogP contribution in [-0.4, -0.2) is 27.1 Å². The molecule has 0 bridgehead atoms. The molecule has 25 heavy (non-hydrogen) atoms. The van der Waals surface area contributed by atoms with E-state index in [2.05, 4.69) is 22.2 Å². The highest BCUT2D eigenvalue weighted by molar-refractivity contribution is 7.71. The summed E-state index contributed by atoms with van der Waals surface area (Å²) < 4.78 is 7.40. The number of ether oxygens (including phenoxy) is 1. The molecule has 0 amide bonds. The molecular formula is C17H16N4O2S2. The summed E-state index contributed by atoms with van der Waals surface area (Å²) in [6.07, 6.45) is 3.44. The van der Waals surface area contributed by atoms with E-state index in [0.29, 0.717) is 15.4 Å². The van der Waals surface area contributed by atoms with Crippen LogP contribution in [0.2, 0.25) is 0 Å². The fourth-order valence-corrected chi connectivity index (χ4v) is 2.92. The number of aromatic amines is 1. The molecule has 0 aliphatic heterocycles. The van der Waals surface area contributed by atoms with Crippen molar-refractivity contribution in [3.8, 4) is 5.75 Å². The summed E-state index contributed by atoms with van der Waals surface area (Å²) in [4.78, 5) is 12.5. The van der Waals surface area contributed by atoms with Gasteiger partial charge in [0, 0.05) is 6.42 Å². The van der Waals surface area contributed by atoms with Gasteiger partial charge in [0.15, 0.2) is 5.82 Å². The minimum absolute atomic E-state index is 0.356. The standard InChI is InChI=1S/C17H16N4O2S2/c1-2-4-15-19-20-17(24)21(15)18-11-12-6-8-13(9-7-12)23-16(22)14-5-3-10-25-14/h3,5-11H,2,4H2,1H3,(H,20,24)/b18-11-. The van der Waals surface area contributed by atoms with Crippen LogP contribution in [0.5, 0.6) is 5.75 Å². The first-order valence-corrected chi connectivity index (χ1v) is 9.02. The van der Waals surface area contributed by atoms with E-state index in [-0.39, 0.29) is 5.97 Å². The SMILES string of the molecule is CCCc1n[nH]c(=S)n1/N=C\c1ccc(OC(=O)c2cccs2)cc1. The Kier molecular flexibility index (Phi) is 5.52. The molecular weight excluding hydrogens is 356 g/mol. The quantitative estimate of drug-likeness (QED) is 0.307. The maximum absolute atomic E-state index is 11.9. The second-order valence-corrected chi connectivity index (χ2v) is 6.52. The molecule has 3 aromatic rings. The Morgan fingerprint density at radius 3 is 2.88 bits per heavy atom. The van der Waals surface area contributed by atoms with Crippen LogP contribution in [0.15, 0.2) is 46.9 Å². The van der Waals surface area contributed by atoms with E-state index in [1.54, 1.807) is 29.1 Å². The molecule has 6 nitrogen and oxygen atoms in total. The van der Waals surface area contributed by atoms with Crippen molar-refractivity contribution in [2.45, 2.75) is 19.8 Å². The largest absolute Gasteiger partial charge is 0.422 e. The molecule has 1 N–H and O–H groups in total. The Labute approximate surface area is 153 Å². The number of aryl methyl sites for hydroxylation is 1. The molecule has 1 aromatic carbocycles. The summed E-state index contributed by atoms with van der Waals surface area (Å²) in [6.45, 7) is 2.07. The number of esters is 1. The van der Waals surface area contributed by atoms with Gasteiger partial charge >= 0.3 is 5.97 Å². The second-order valence-electron chi connectivity index (χ2n) is 5.19. The van der Waals surface area contributed by atoms with Crippen molar-refractivity contribution >= 4 is 35.7 Å². The van der Waals surface area contributed by atoms with E-state index in [4.69, 9.17) is 17.0 Å². The van der Waals surface area contributed by atoms with Crippen LogP contribution < -0.4 is 4.74 Å². The highest BCUT2D eigenvalue weighted by Crippen LogP contribution is 2.16. The third-order valence-corrected chi connectivity index (χ3v) is 4.44. The van der Waals surface area contributed by atoms with Gasteiger partial charge in [-0.1, -0.05) is 13.0 Å². The average Bonchev–Trinajstić information content (AvgIpc) is 3.26. The van der Waals surface area contributed by atoms with E-state index in [9.17, 15) is 4.79 Å². The van der Waals surface area contributed by atoms with Gasteiger partial charge in [0.25, 0.3) is 0 Å². The zero-order valence-electron chi connectivity index (χ0n) is 13.5. The lowest BCUT2D eigenvalue weighted by Gasteiger charge is -2.03. The van der Waals surface area contributed by atoms with Crippen LogP contribution in [0.25, 0.3) is 0 Å². The lowest BCUT2D eigenvalue weighted by atomic mass is 10.2. The van der Waals surface area contributed by atoms with Crippen LogP contribution in [-0.2, 0) is 6.42 Å². The van der Waals surface area contributed by atoms with Crippen molar-refractivity contribution in [3.63, 3.8) is 0 Å². The van der Waals surface area contributed by atoms with Gasteiger partial charge in [0.05, 0.1) is 6.21 Å². The van der Waals surface area contributed by atoms with Crippen molar-refractivity contribution in [1.82, 2.24) is 14.9 Å². The number of thiophene rings is 1. The van der Waals surface area contributed by atoms with Gasteiger partial charge in [-0.25, -0.2) is 4.79 Å². The normalized spacial score (nSPS) is 11.1. The van der Waals surface area contributed by atoms with Crippen molar-refractivity contribution in [1.29, 1.82) is 0 Å². The number of hydrogen-bond donors (Lipinski definition) is 1. The fourth-order valence-electron chi connectivity index (χ4n) is 2.13. The molecule has 0 saturated heterocycles. The van der Waals surface area contributed by atoms with E-state index in [0.717, 1.165) is 24.2 Å². The van der Waals surface area contributed by atoms with Crippen LogP contribution in [0.1, 0.15) is 34.4 Å². The number of hydrogen-bond acceptors (Lipinski definition) is 6. The van der Waals surface area contributed by atoms with E-state index in [1.807, 2.05) is 23.6 Å². The number of carbonyl (C=O) groups excluding carboxylic acids is 1. The smallest absolute Gasteiger partial charge is 0.353 e. The molecule has 3 rings (SSSR count). The highest BCUT2D eigenvalue weighted by atomic mass is 32.1. The minimum atomic E-state index is -0.356. The lowest BCUT2D eigenvalue weighted by Crippen LogP contribution is -2.06. The number of nitrogens with zero attached hydrogens (tertiary/aromatic N) is 3. The van der Waals surface area contributed by atoms with Crippen molar-refractivity contribution in [2.75, 3.05) is 0 Å². The predicted molar refractivity (Wildman–Crippen MR) is 100 cm³/mol. The summed E-state index contributed by atoms with van der Waals surface area (Å²) in [5.74, 6) is 0.928. The molecule has 128 valence electrons. The monoisotopic (exact) mass is 372 g/mol. The van der Waals surface area contributed by atoms with Gasteiger partial charge in [0.1, 0.15) is 10.6 Å². The summed E-state index contributed by atoms with van der Waals surface area (Å²) in [7, 11) is 0. The molecule has 0 aliphatic rings. The molecule has 0 radical (unpaired) electrons. The Morgan fingerprint density at radius 2 is 2.20 bits per heavy atom. The number of H-pyrrole nitrogens is 1. The maximum Gasteiger partial charge on any atom is 0.353 e. The highest BCUT2D eigenvalue weighted by Gasteiger charge is 2.09. The molecule has 0 atom stereocenters. The Morgan fingerprint density at radius 1 is 1.40 bits per heavy atom. The lowest BCUT2D eigenvalue weighted by molar-refractivity contribution is 0.0740. The van der Waals surface area contributed by atoms with Crippen LogP contribution in [0, 0.1) is 4.77 Å². The van der Waals surface area contributed by atoms with Crippen molar-refractivity contribution < 1.29 is 9.53 Å². The molecule has 0 saturated carbocycles. The molecule has 0 unspecified atom stereocenters. The van der Waals surface area contributed by atoms with E-state index < -0.39 is 0 Å². The molecule has 0 spiro atoms. The average molecular weight is 372 g/mol. The first kappa shape index (κ1) is 17.2. The third-order valence-electron chi connectivity index (χ3n) is 3.33. The van der Waals surface area contributed by atoms with Gasteiger partial charge in [0.2, 0.25) is 4.77 Å². The fraction of sp³-hybridized carbons (Fsp3) is 0.176. The van der Waals surface area contributed by atoms with Gasteiger partial charge in [-0.2, -0.15) is 14.9 Å². The van der Waals surface area contributed by atoms with Gasteiger partial charge < -0.3 is 4.74 Å². The Hall–Kier alpha value is -2.58. The van der Waals surface area contributed by atoms with Gasteiger partial charge in [-0.05, 0) is 59.9 Å². The molecule has 2 heterocycles. The van der Waals surface area contributed by atoms with Crippen molar-refractivity contribution in [2.24, 2.45) is 5.10 Å². The van der Waals surface area contributed by atoms with Crippen LogP contribution in [0.4, 0.5) is 0 Å². The Balaban J connectivity index is 1.70. The second kappa shape index (κ2) is 8.00. The van der Waals surface area contributed by atoms with Crippen molar-refractivity contribution in [3.05, 3.63) is 62.8 Å². The number of aromatic nitrogens is 3. The first-order valence-electron chi connectivity index (χ1n) is 7.73. The minimum Gasteiger partial charge on any atom is -0.422 e. The number of carbonyl (C=O) groups is 1. The Bertz CT molecular complexity index is 924. The maximum atomic E-state index is 11.9. The predicted octanol–water partition coefficient (Wildman–Crippen LogP) is 4.06. The van der Waals surface area contributed by atoms with E-state index in [1.165, 1.54) is 11.3 Å². The van der Waals surface area contributed by atoms with Gasteiger partial charge in [-0.15, -0.1) is 11.3 Å². The molecule has 2 aromatic heterocycles. The number of nitrogens with one attached hydrogen (secondary N) is 1. The molecule has 0 aliphatic carbocycles. The zero-order chi connectivity index (χ0) is 17.6. The van der Waals surface area contributed by atoms with Crippen LogP contribution >= 0.6 is 23.6 Å². The summed E-state index contributed by atoms with van der Waals surface area (Å²) in [5, 5.41) is 13.1. The number of rotatable bonds is 6. The third kappa shape index (κ3) is 4.28. The number of benzene rings is 1. The molecule has 0 fully saturated rings. The van der Waals surface area contributed by atoms with Crippen LogP contribution in [0.3, 0.4) is 0 Å². The molecule has 8 heteroatoms. The first-order chi connectivity index (χ1) is 12.2. The summed E-state index contributed by atoms with van der Waals surface area (Å²) >= 11 is 6.53. The zero-order valence-corrected chi connectivity index (χ0v) is 15.1. The summed E-state index contributed by atoms with van der Waals surface area (Å²) in [6, 6.07) is 10.7. The van der Waals surface area contributed by atoms with E-state index >= 15 is 0 Å². The van der Waals surface area contributed by atoms with Gasteiger partial charge in [-0.3, -0.25) is 5.10 Å². The topological polar surface area (TPSA) is 72.3 Å².